The Morgan fingerprint density at radius 1 is 1.35 bits per heavy atom. The lowest BCUT2D eigenvalue weighted by Gasteiger charge is -1.99. The van der Waals surface area contributed by atoms with Crippen molar-refractivity contribution in [3.8, 4) is 0 Å². The first-order valence-electron chi connectivity index (χ1n) is 5.59. The van der Waals surface area contributed by atoms with Crippen molar-refractivity contribution in [3.63, 3.8) is 0 Å². The number of rotatable bonds is 5. The lowest BCUT2D eigenvalue weighted by molar-refractivity contribution is 0.423. The molecule has 0 saturated carbocycles. The molecule has 17 heavy (non-hydrogen) atoms. The van der Waals surface area contributed by atoms with Gasteiger partial charge >= 0.3 is 6.01 Å². The Morgan fingerprint density at radius 3 is 2.94 bits per heavy atom. The second kappa shape index (κ2) is 5.82. The number of nitrogens with one attached hydrogen (secondary N) is 1. The maximum atomic E-state index is 5.09. The number of aromatic nitrogens is 2. The van der Waals surface area contributed by atoms with Crippen molar-refractivity contribution in [2.75, 3.05) is 11.9 Å². The van der Waals surface area contributed by atoms with Crippen LogP contribution in [0.4, 0.5) is 6.01 Å². The highest BCUT2D eigenvalue weighted by Gasteiger charge is 2.07. The van der Waals surface area contributed by atoms with Crippen molar-refractivity contribution in [3.05, 3.63) is 40.1 Å². The SMILES string of the molecule is CCCNc1nc(Cc2ccccc2Br)no1. The zero-order valence-electron chi connectivity index (χ0n) is 9.61. The molecular formula is C12H14BrN3O. The van der Waals surface area contributed by atoms with Gasteiger partial charge in [-0.2, -0.15) is 4.98 Å². The molecule has 2 rings (SSSR count). The monoisotopic (exact) mass is 295 g/mol. The predicted octanol–water partition coefficient (Wildman–Crippen LogP) is 3.24. The second-order valence-electron chi connectivity index (χ2n) is 3.71. The van der Waals surface area contributed by atoms with Gasteiger partial charge in [-0.3, -0.25) is 0 Å². The van der Waals surface area contributed by atoms with Gasteiger partial charge in [0.1, 0.15) is 0 Å². The van der Waals surface area contributed by atoms with Crippen LogP contribution in [0.25, 0.3) is 0 Å². The fourth-order valence-electron chi connectivity index (χ4n) is 1.44. The molecular weight excluding hydrogens is 282 g/mol. The quantitative estimate of drug-likeness (QED) is 0.920. The molecule has 5 heteroatoms. The molecule has 0 spiro atoms. The Bertz CT molecular complexity index is 484. The lowest BCUT2D eigenvalue weighted by atomic mass is 10.1. The van der Waals surface area contributed by atoms with Crippen molar-refractivity contribution < 1.29 is 4.52 Å². The molecule has 0 aliphatic rings. The number of halogens is 1. The minimum atomic E-state index is 0.494. The number of hydrogen-bond donors (Lipinski definition) is 1. The van der Waals surface area contributed by atoms with Crippen molar-refractivity contribution in [1.29, 1.82) is 0 Å². The van der Waals surface area contributed by atoms with E-state index in [-0.39, 0.29) is 0 Å². The van der Waals surface area contributed by atoms with Crippen LogP contribution in [0.2, 0.25) is 0 Å². The van der Waals surface area contributed by atoms with E-state index in [1.54, 1.807) is 0 Å². The highest BCUT2D eigenvalue weighted by molar-refractivity contribution is 9.10. The zero-order valence-corrected chi connectivity index (χ0v) is 11.2. The summed E-state index contributed by atoms with van der Waals surface area (Å²) in [5, 5.41) is 7.00. The Morgan fingerprint density at radius 2 is 2.18 bits per heavy atom. The molecule has 0 saturated heterocycles. The fourth-order valence-corrected chi connectivity index (χ4v) is 1.87. The maximum absolute atomic E-state index is 5.09. The van der Waals surface area contributed by atoms with Gasteiger partial charge < -0.3 is 9.84 Å². The summed E-state index contributed by atoms with van der Waals surface area (Å²) in [6, 6.07) is 8.52. The molecule has 1 heterocycles. The van der Waals surface area contributed by atoms with Crippen molar-refractivity contribution >= 4 is 21.9 Å². The summed E-state index contributed by atoms with van der Waals surface area (Å²) >= 11 is 3.50. The number of nitrogens with zero attached hydrogens (tertiary/aromatic N) is 2. The Balaban J connectivity index is 2.04. The lowest BCUT2D eigenvalue weighted by Crippen LogP contribution is -2.00. The Labute approximate surface area is 109 Å². The first-order valence-corrected chi connectivity index (χ1v) is 6.38. The van der Waals surface area contributed by atoms with E-state index >= 15 is 0 Å². The van der Waals surface area contributed by atoms with Gasteiger partial charge in [-0.1, -0.05) is 46.2 Å². The van der Waals surface area contributed by atoms with E-state index < -0.39 is 0 Å². The third-order valence-corrected chi connectivity index (χ3v) is 3.07. The molecule has 0 radical (unpaired) electrons. The van der Waals surface area contributed by atoms with E-state index in [4.69, 9.17) is 4.52 Å². The highest BCUT2D eigenvalue weighted by Crippen LogP contribution is 2.18. The predicted molar refractivity (Wildman–Crippen MR) is 70.0 cm³/mol. The molecule has 0 bridgehead atoms. The van der Waals surface area contributed by atoms with E-state index in [1.807, 2.05) is 24.3 Å². The zero-order chi connectivity index (χ0) is 12.1. The van der Waals surface area contributed by atoms with E-state index in [0.717, 1.165) is 23.0 Å². The fraction of sp³-hybridized carbons (Fsp3) is 0.333. The molecule has 1 N–H and O–H groups in total. The summed E-state index contributed by atoms with van der Waals surface area (Å²) in [5.74, 6) is 0.690. The average molecular weight is 296 g/mol. The summed E-state index contributed by atoms with van der Waals surface area (Å²) < 4.78 is 6.15. The first kappa shape index (κ1) is 12.1. The summed E-state index contributed by atoms with van der Waals surface area (Å²) in [4.78, 5) is 4.27. The molecule has 0 atom stereocenters. The van der Waals surface area contributed by atoms with E-state index in [2.05, 4.69) is 38.3 Å². The molecule has 0 amide bonds. The molecule has 0 aliphatic heterocycles. The smallest absolute Gasteiger partial charge is 0.321 e. The molecule has 90 valence electrons. The standard InChI is InChI=1S/C12H14BrN3O/c1-2-7-14-12-15-11(16-17-12)8-9-5-3-4-6-10(9)13/h3-6H,2,7-8H2,1H3,(H,14,15,16). The normalized spacial score (nSPS) is 10.5. The molecule has 1 aromatic heterocycles. The van der Waals surface area contributed by atoms with Gasteiger partial charge in [0.2, 0.25) is 0 Å². The summed E-state index contributed by atoms with van der Waals surface area (Å²) in [6.07, 6.45) is 1.70. The highest BCUT2D eigenvalue weighted by atomic mass is 79.9. The number of hydrogen-bond acceptors (Lipinski definition) is 4. The number of benzene rings is 1. The molecule has 4 nitrogen and oxygen atoms in total. The van der Waals surface area contributed by atoms with Gasteiger partial charge in [-0.25, -0.2) is 0 Å². The van der Waals surface area contributed by atoms with Crippen LogP contribution in [0.15, 0.2) is 33.3 Å². The number of anilines is 1. The van der Waals surface area contributed by atoms with Gasteiger partial charge in [-0.15, -0.1) is 0 Å². The largest absolute Gasteiger partial charge is 0.338 e. The molecule has 0 unspecified atom stereocenters. The molecule has 2 aromatic rings. The van der Waals surface area contributed by atoms with E-state index in [1.165, 1.54) is 0 Å². The minimum Gasteiger partial charge on any atom is -0.338 e. The minimum absolute atomic E-state index is 0.494. The second-order valence-corrected chi connectivity index (χ2v) is 4.57. The van der Waals surface area contributed by atoms with Crippen molar-refractivity contribution in [2.24, 2.45) is 0 Å². The third kappa shape index (κ3) is 3.30. The third-order valence-electron chi connectivity index (χ3n) is 2.30. The van der Waals surface area contributed by atoms with Crippen molar-refractivity contribution in [2.45, 2.75) is 19.8 Å². The van der Waals surface area contributed by atoms with Crippen LogP contribution in [0.1, 0.15) is 24.7 Å². The van der Waals surface area contributed by atoms with E-state index in [0.29, 0.717) is 18.3 Å². The van der Waals surface area contributed by atoms with Crippen LogP contribution in [0, 0.1) is 0 Å². The van der Waals surface area contributed by atoms with Crippen LogP contribution in [-0.4, -0.2) is 16.7 Å². The Kier molecular flexibility index (Phi) is 4.14. The summed E-state index contributed by atoms with van der Waals surface area (Å²) in [5.41, 5.74) is 1.15. The summed E-state index contributed by atoms with van der Waals surface area (Å²) in [6.45, 7) is 2.93. The van der Waals surface area contributed by atoms with Crippen LogP contribution >= 0.6 is 15.9 Å². The Hall–Kier alpha value is -1.36. The first-order chi connectivity index (χ1) is 8.29. The molecule has 0 fully saturated rings. The van der Waals surface area contributed by atoms with Crippen LogP contribution < -0.4 is 5.32 Å². The molecule has 1 aromatic carbocycles. The average Bonchev–Trinajstić information content (AvgIpc) is 2.77. The topological polar surface area (TPSA) is 51.0 Å². The van der Waals surface area contributed by atoms with Gasteiger partial charge in [-0.05, 0) is 18.1 Å². The van der Waals surface area contributed by atoms with Gasteiger partial charge in [0, 0.05) is 17.4 Å². The van der Waals surface area contributed by atoms with Gasteiger partial charge in [0.25, 0.3) is 0 Å². The van der Waals surface area contributed by atoms with Crippen LogP contribution in [-0.2, 0) is 6.42 Å². The van der Waals surface area contributed by atoms with Crippen LogP contribution in [0.3, 0.4) is 0 Å². The molecule has 0 aliphatic carbocycles. The van der Waals surface area contributed by atoms with Gasteiger partial charge in [0.15, 0.2) is 5.82 Å². The van der Waals surface area contributed by atoms with E-state index in [9.17, 15) is 0 Å². The van der Waals surface area contributed by atoms with Gasteiger partial charge in [0.05, 0.1) is 0 Å². The summed E-state index contributed by atoms with van der Waals surface area (Å²) in [7, 11) is 0. The van der Waals surface area contributed by atoms with Crippen LogP contribution in [0.5, 0.6) is 0 Å². The maximum Gasteiger partial charge on any atom is 0.321 e. The van der Waals surface area contributed by atoms with Crippen molar-refractivity contribution in [1.82, 2.24) is 10.1 Å².